The molecule has 0 atom stereocenters. The number of alkyl halides is 1. The van der Waals surface area contributed by atoms with Crippen LogP contribution in [0.2, 0.25) is 0 Å². The van der Waals surface area contributed by atoms with Gasteiger partial charge in [0.15, 0.2) is 0 Å². The quantitative estimate of drug-likeness (QED) is 0.602. The van der Waals surface area contributed by atoms with Crippen LogP contribution < -0.4 is 0 Å². The highest BCUT2D eigenvalue weighted by Gasteiger charge is 2.20. The number of hydrogen-bond donors (Lipinski definition) is 1. The summed E-state index contributed by atoms with van der Waals surface area (Å²) in [5.74, 6) is 0. The van der Waals surface area contributed by atoms with Crippen LogP contribution in [-0.4, -0.2) is 40.2 Å². The minimum Gasteiger partial charge on any atom is -0.394 e. The largest absolute Gasteiger partial charge is 0.394 e. The highest BCUT2D eigenvalue weighted by Crippen LogP contribution is 2.10. The van der Waals surface area contributed by atoms with E-state index in [0.29, 0.717) is 0 Å². The maximum atomic E-state index is 8.95. The van der Waals surface area contributed by atoms with Crippen molar-refractivity contribution >= 4 is 22.6 Å². The van der Waals surface area contributed by atoms with Crippen molar-refractivity contribution in [3.8, 4) is 0 Å². The molecule has 0 spiro atoms. The third-order valence-corrected chi connectivity index (χ3v) is 2.32. The molecule has 0 aromatic rings. The molecule has 0 fully saturated rings. The second kappa shape index (κ2) is 4.51. The Kier molecular flexibility index (Phi) is 4.81. The zero-order valence-corrected chi connectivity index (χ0v) is 9.05. The van der Waals surface area contributed by atoms with Crippen LogP contribution in [0.25, 0.3) is 0 Å². The lowest BCUT2D eigenvalue weighted by Gasteiger charge is -2.33. The summed E-state index contributed by atoms with van der Waals surface area (Å²) in [6.07, 6.45) is 0. The van der Waals surface area contributed by atoms with Crippen LogP contribution in [0.1, 0.15) is 13.8 Å². The summed E-state index contributed by atoms with van der Waals surface area (Å²) in [6, 6.07) is 0. The van der Waals surface area contributed by atoms with Gasteiger partial charge in [-0.2, -0.15) is 0 Å². The van der Waals surface area contributed by atoms with Crippen LogP contribution in [0.4, 0.5) is 0 Å². The van der Waals surface area contributed by atoms with E-state index in [1.54, 1.807) is 0 Å². The molecule has 0 rings (SSSR count). The summed E-state index contributed by atoms with van der Waals surface area (Å²) >= 11 is 2.34. The molecule has 62 valence electrons. The van der Waals surface area contributed by atoms with Crippen LogP contribution in [0, 0.1) is 0 Å². The summed E-state index contributed by atoms with van der Waals surface area (Å²) in [7, 11) is 2.04. The van der Waals surface area contributed by atoms with Gasteiger partial charge in [0.25, 0.3) is 0 Å². The van der Waals surface area contributed by atoms with Crippen molar-refractivity contribution in [1.82, 2.24) is 4.90 Å². The minimum absolute atomic E-state index is 0.0643. The number of rotatable bonds is 4. The van der Waals surface area contributed by atoms with E-state index in [1.807, 2.05) is 20.9 Å². The van der Waals surface area contributed by atoms with Gasteiger partial charge in [0.05, 0.1) is 6.61 Å². The van der Waals surface area contributed by atoms with Crippen LogP contribution in [0.15, 0.2) is 0 Å². The van der Waals surface area contributed by atoms with E-state index < -0.39 is 0 Å². The fourth-order valence-corrected chi connectivity index (χ4v) is 1.27. The van der Waals surface area contributed by atoms with Gasteiger partial charge in [-0.25, -0.2) is 0 Å². The SMILES string of the molecule is CN(CCI)C(C)(C)CO. The molecule has 2 nitrogen and oxygen atoms in total. The average Bonchev–Trinajstić information content (AvgIpc) is 1.89. The van der Waals surface area contributed by atoms with Crippen molar-refractivity contribution in [2.75, 3.05) is 24.6 Å². The lowest BCUT2D eigenvalue weighted by atomic mass is 10.1. The molecule has 10 heavy (non-hydrogen) atoms. The first kappa shape index (κ1) is 10.7. The van der Waals surface area contributed by atoms with E-state index in [0.717, 1.165) is 11.0 Å². The molecular weight excluding hydrogens is 241 g/mol. The van der Waals surface area contributed by atoms with Crippen molar-refractivity contribution in [2.24, 2.45) is 0 Å². The number of aliphatic hydroxyl groups excluding tert-OH is 1. The van der Waals surface area contributed by atoms with Gasteiger partial charge < -0.3 is 5.11 Å². The highest BCUT2D eigenvalue weighted by atomic mass is 127. The van der Waals surface area contributed by atoms with E-state index >= 15 is 0 Å². The van der Waals surface area contributed by atoms with Crippen LogP contribution in [0.5, 0.6) is 0 Å². The first-order valence-electron chi connectivity index (χ1n) is 3.42. The lowest BCUT2D eigenvalue weighted by Crippen LogP contribution is -2.44. The number of nitrogens with zero attached hydrogens (tertiary/aromatic N) is 1. The van der Waals surface area contributed by atoms with Gasteiger partial charge in [-0.15, -0.1) is 0 Å². The Hall–Kier alpha value is 0.650. The van der Waals surface area contributed by atoms with Crippen molar-refractivity contribution in [3.05, 3.63) is 0 Å². The molecule has 0 unspecified atom stereocenters. The third kappa shape index (κ3) is 3.16. The van der Waals surface area contributed by atoms with Crippen molar-refractivity contribution < 1.29 is 5.11 Å². The van der Waals surface area contributed by atoms with E-state index in [1.165, 1.54) is 0 Å². The Morgan fingerprint density at radius 1 is 1.50 bits per heavy atom. The Labute approximate surface area is 76.7 Å². The molecular formula is C7H16INO. The molecule has 0 saturated carbocycles. The summed E-state index contributed by atoms with van der Waals surface area (Å²) in [6.45, 7) is 5.34. The maximum Gasteiger partial charge on any atom is 0.0609 e. The molecule has 0 bridgehead atoms. The molecule has 0 aromatic heterocycles. The molecule has 0 aliphatic carbocycles. The smallest absolute Gasteiger partial charge is 0.0609 e. The van der Waals surface area contributed by atoms with Gasteiger partial charge in [0, 0.05) is 16.5 Å². The van der Waals surface area contributed by atoms with Crippen LogP contribution in [-0.2, 0) is 0 Å². The van der Waals surface area contributed by atoms with Gasteiger partial charge in [-0.3, -0.25) is 4.90 Å². The maximum absolute atomic E-state index is 8.95. The number of likely N-dealkylation sites (N-methyl/N-ethyl adjacent to an activating group) is 1. The Balaban J connectivity index is 3.78. The second-order valence-electron chi connectivity index (χ2n) is 3.08. The van der Waals surface area contributed by atoms with Gasteiger partial charge in [-0.05, 0) is 20.9 Å². The van der Waals surface area contributed by atoms with Gasteiger partial charge >= 0.3 is 0 Å². The summed E-state index contributed by atoms with van der Waals surface area (Å²) < 4.78 is 1.11. The molecule has 0 heterocycles. The number of aliphatic hydroxyl groups is 1. The molecule has 0 aromatic carbocycles. The zero-order chi connectivity index (χ0) is 8.20. The highest BCUT2D eigenvalue weighted by molar-refractivity contribution is 14.1. The Bertz CT molecular complexity index is 95.6. The summed E-state index contributed by atoms with van der Waals surface area (Å²) in [5, 5.41) is 8.95. The molecule has 0 radical (unpaired) electrons. The van der Waals surface area contributed by atoms with E-state index in [9.17, 15) is 0 Å². The Morgan fingerprint density at radius 2 is 2.00 bits per heavy atom. The average molecular weight is 257 g/mol. The van der Waals surface area contributed by atoms with Gasteiger partial charge in [-0.1, -0.05) is 22.6 Å². The standard InChI is InChI=1S/C7H16INO/c1-7(2,6-10)9(3)5-4-8/h10H,4-6H2,1-3H3. The van der Waals surface area contributed by atoms with Gasteiger partial charge in [0.1, 0.15) is 0 Å². The molecule has 0 aliphatic rings. The van der Waals surface area contributed by atoms with Crippen LogP contribution in [0.3, 0.4) is 0 Å². The monoisotopic (exact) mass is 257 g/mol. The minimum atomic E-state index is -0.0643. The summed E-state index contributed by atoms with van der Waals surface area (Å²) in [5.41, 5.74) is -0.0643. The predicted molar refractivity (Wildman–Crippen MR) is 52.7 cm³/mol. The van der Waals surface area contributed by atoms with Gasteiger partial charge in [0.2, 0.25) is 0 Å². The van der Waals surface area contributed by atoms with Crippen molar-refractivity contribution in [1.29, 1.82) is 0 Å². The molecule has 1 N–H and O–H groups in total. The van der Waals surface area contributed by atoms with E-state index in [-0.39, 0.29) is 12.1 Å². The molecule has 0 aliphatic heterocycles. The van der Waals surface area contributed by atoms with Crippen molar-refractivity contribution in [3.63, 3.8) is 0 Å². The zero-order valence-electron chi connectivity index (χ0n) is 6.89. The molecule has 3 heteroatoms. The number of hydrogen-bond acceptors (Lipinski definition) is 2. The predicted octanol–water partition coefficient (Wildman–Crippen LogP) is 1.12. The van der Waals surface area contributed by atoms with Crippen LogP contribution >= 0.6 is 22.6 Å². The Morgan fingerprint density at radius 3 is 2.30 bits per heavy atom. The molecule has 0 saturated heterocycles. The fraction of sp³-hybridized carbons (Fsp3) is 1.00. The van der Waals surface area contributed by atoms with E-state index in [4.69, 9.17) is 5.11 Å². The first-order chi connectivity index (χ1) is 4.54. The first-order valence-corrected chi connectivity index (χ1v) is 4.95. The third-order valence-electron chi connectivity index (χ3n) is 1.84. The second-order valence-corrected chi connectivity index (χ2v) is 4.16. The molecule has 0 amide bonds. The normalized spacial score (nSPS) is 12.6. The fourth-order valence-electron chi connectivity index (χ4n) is 0.550. The van der Waals surface area contributed by atoms with E-state index in [2.05, 4.69) is 27.5 Å². The lowest BCUT2D eigenvalue weighted by molar-refractivity contribution is 0.0850. The van der Waals surface area contributed by atoms with Crippen molar-refractivity contribution in [2.45, 2.75) is 19.4 Å². The summed E-state index contributed by atoms with van der Waals surface area (Å²) in [4.78, 5) is 2.17. The number of halogens is 1. The topological polar surface area (TPSA) is 23.5 Å².